The highest BCUT2D eigenvalue weighted by Gasteiger charge is 2.16. The maximum atomic E-state index is 12.9. The lowest BCUT2D eigenvalue weighted by atomic mass is 10.0. The molecule has 0 atom stereocenters. The van der Waals surface area contributed by atoms with Gasteiger partial charge in [0.1, 0.15) is 5.71 Å². The number of nitrogens with zero attached hydrogens (tertiary/aromatic N) is 2. The summed E-state index contributed by atoms with van der Waals surface area (Å²) < 4.78 is 5.07. The van der Waals surface area contributed by atoms with Crippen molar-refractivity contribution in [1.82, 2.24) is 4.90 Å². The van der Waals surface area contributed by atoms with Crippen LogP contribution < -0.4 is 0 Å². The van der Waals surface area contributed by atoms with Crippen LogP contribution in [0.1, 0.15) is 36.5 Å². The zero-order chi connectivity index (χ0) is 22.6. The van der Waals surface area contributed by atoms with Gasteiger partial charge >= 0.3 is 12.1 Å². The van der Waals surface area contributed by atoms with Gasteiger partial charge in [-0.05, 0) is 55.7 Å². The molecular formula is C23H26N2O5S. The number of rotatable bonds is 10. The Morgan fingerprint density at radius 2 is 1.58 bits per heavy atom. The first-order chi connectivity index (χ1) is 14.9. The fourth-order valence-corrected chi connectivity index (χ4v) is 3.31. The van der Waals surface area contributed by atoms with Crippen LogP contribution in [0.2, 0.25) is 0 Å². The summed E-state index contributed by atoms with van der Waals surface area (Å²) in [6.45, 7) is 1.46. The number of benzene rings is 2. The maximum Gasteiger partial charge on any atom is 0.409 e. The van der Waals surface area contributed by atoms with Crippen molar-refractivity contribution in [3.63, 3.8) is 0 Å². The molecular weight excluding hydrogens is 416 g/mol. The van der Waals surface area contributed by atoms with E-state index < -0.39 is 12.1 Å². The fraction of sp³-hybridized carbons (Fsp3) is 0.304. The lowest BCUT2D eigenvalue weighted by Gasteiger charge is -2.11. The Kier molecular flexibility index (Phi) is 9.77. The van der Waals surface area contributed by atoms with Crippen LogP contribution in [-0.2, 0) is 14.4 Å². The average molecular weight is 443 g/mol. The van der Waals surface area contributed by atoms with E-state index in [1.54, 1.807) is 38.0 Å². The number of Topliss-reactive ketones (excluding diaryl/α,β-unsaturated/α-hetero) is 1. The number of carbonyl (C=O) groups excluding carboxylic acids is 3. The highest BCUT2D eigenvalue weighted by Crippen LogP contribution is 2.27. The van der Waals surface area contributed by atoms with Crippen LogP contribution in [-0.4, -0.2) is 49.2 Å². The minimum absolute atomic E-state index is 0.151. The molecule has 8 heteroatoms. The Labute approximate surface area is 186 Å². The topological polar surface area (TPSA) is 85.3 Å². The van der Waals surface area contributed by atoms with Crippen molar-refractivity contribution < 1.29 is 24.0 Å². The molecule has 0 N–H and O–H groups in total. The summed E-state index contributed by atoms with van der Waals surface area (Å²) in [7, 11) is 3.21. The van der Waals surface area contributed by atoms with Gasteiger partial charge in [-0.25, -0.2) is 9.59 Å². The summed E-state index contributed by atoms with van der Waals surface area (Å²) in [5.74, 6) is -0.900. The molecule has 0 aliphatic carbocycles. The van der Waals surface area contributed by atoms with E-state index in [1.165, 1.54) is 11.8 Å². The van der Waals surface area contributed by atoms with E-state index >= 15 is 0 Å². The monoisotopic (exact) mass is 442 g/mol. The number of unbranched alkanes of at least 4 members (excludes halogenated alkanes) is 1. The molecule has 0 spiro atoms. The van der Waals surface area contributed by atoms with Gasteiger partial charge in [-0.15, -0.1) is 0 Å². The number of carbonyl (C=O) groups is 3. The molecule has 0 saturated heterocycles. The van der Waals surface area contributed by atoms with Gasteiger partial charge in [0.25, 0.3) is 0 Å². The highest BCUT2D eigenvalue weighted by molar-refractivity contribution is 7.99. The molecule has 2 aromatic rings. The van der Waals surface area contributed by atoms with Crippen LogP contribution in [0.3, 0.4) is 0 Å². The van der Waals surface area contributed by atoms with Crippen LogP contribution in [0.5, 0.6) is 0 Å². The lowest BCUT2D eigenvalue weighted by molar-refractivity contribution is -0.140. The molecule has 0 aliphatic heterocycles. The van der Waals surface area contributed by atoms with Crippen LogP contribution >= 0.6 is 11.8 Å². The van der Waals surface area contributed by atoms with E-state index in [4.69, 9.17) is 9.57 Å². The second-order valence-electron chi connectivity index (χ2n) is 6.86. The van der Waals surface area contributed by atoms with Crippen molar-refractivity contribution in [3.05, 3.63) is 60.2 Å². The van der Waals surface area contributed by atoms with E-state index in [9.17, 15) is 14.4 Å². The standard InChI is InChI=1S/C23H26N2O5S/c1-17(26)30-24-21(11-7-8-16-29-23(28)25(2)3)22(27)18-12-14-20(15-13-18)31-19-9-5-4-6-10-19/h4-6,9-10,12-15H,7-8,11,16H2,1-3H3/b24-21+. The molecule has 7 nitrogen and oxygen atoms in total. The van der Waals surface area contributed by atoms with Gasteiger partial charge in [0.15, 0.2) is 0 Å². The summed E-state index contributed by atoms with van der Waals surface area (Å²) in [5, 5.41) is 3.75. The average Bonchev–Trinajstić information content (AvgIpc) is 2.76. The second-order valence-corrected chi connectivity index (χ2v) is 8.00. The Morgan fingerprint density at radius 3 is 2.19 bits per heavy atom. The largest absolute Gasteiger partial charge is 0.449 e. The van der Waals surface area contributed by atoms with Gasteiger partial charge in [-0.2, -0.15) is 0 Å². The van der Waals surface area contributed by atoms with Crippen molar-refractivity contribution in [2.24, 2.45) is 5.16 Å². The predicted molar refractivity (Wildman–Crippen MR) is 119 cm³/mol. The molecule has 1 amide bonds. The first-order valence-corrected chi connectivity index (χ1v) is 10.6. The molecule has 2 aromatic carbocycles. The third-order valence-electron chi connectivity index (χ3n) is 4.04. The summed E-state index contributed by atoms with van der Waals surface area (Å²) in [6.07, 6.45) is 0.984. The van der Waals surface area contributed by atoms with Crippen LogP contribution in [0.15, 0.2) is 69.5 Å². The van der Waals surface area contributed by atoms with E-state index in [-0.39, 0.29) is 18.1 Å². The van der Waals surface area contributed by atoms with E-state index in [0.717, 1.165) is 9.79 Å². The van der Waals surface area contributed by atoms with E-state index in [2.05, 4.69) is 5.16 Å². The van der Waals surface area contributed by atoms with Gasteiger partial charge < -0.3 is 14.5 Å². The second kappa shape index (κ2) is 12.5. The smallest absolute Gasteiger partial charge is 0.409 e. The van der Waals surface area contributed by atoms with Gasteiger partial charge in [0, 0.05) is 36.4 Å². The van der Waals surface area contributed by atoms with E-state index in [1.807, 2.05) is 42.5 Å². The molecule has 0 fully saturated rings. The number of hydrogen-bond donors (Lipinski definition) is 0. The van der Waals surface area contributed by atoms with Crippen molar-refractivity contribution in [3.8, 4) is 0 Å². The Bertz CT molecular complexity index is 911. The molecule has 0 aromatic heterocycles. The molecule has 0 radical (unpaired) electrons. The molecule has 31 heavy (non-hydrogen) atoms. The van der Waals surface area contributed by atoms with Crippen LogP contribution in [0.25, 0.3) is 0 Å². The van der Waals surface area contributed by atoms with Crippen LogP contribution in [0.4, 0.5) is 4.79 Å². The maximum absolute atomic E-state index is 12.9. The van der Waals surface area contributed by atoms with Gasteiger partial charge in [0.05, 0.1) is 6.61 Å². The van der Waals surface area contributed by atoms with Crippen molar-refractivity contribution in [2.75, 3.05) is 20.7 Å². The molecule has 0 heterocycles. The normalized spacial score (nSPS) is 11.0. The quantitative estimate of drug-likeness (QED) is 0.173. The van der Waals surface area contributed by atoms with Crippen LogP contribution in [0, 0.1) is 0 Å². The molecule has 2 rings (SSSR count). The minimum Gasteiger partial charge on any atom is -0.449 e. The number of amides is 1. The zero-order valence-electron chi connectivity index (χ0n) is 17.9. The molecule has 0 unspecified atom stereocenters. The van der Waals surface area contributed by atoms with Gasteiger partial charge in [-0.1, -0.05) is 35.1 Å². The molecule has 0 aliphatic rings. The van der Waals surface area contributed by atoms with Crippen molar-refractivity contribution >= 4 is 35.3 Å². The van der Waals surface area contributed by atoms with Crippen molar-refractivity contribution in [2.45, 2.75) is 36.0 Å². The summed E-state index contributed by atoms with van der Waals surface area (Å²) in [6, 6.07) is 17.1. The van der Waals surface area contributed by atoms with Gasteiger partial charge in [0.2, 0.25) is 5.78 Å². The van der Waals surface area contributed by atoms with Gasteiger partial charge in [-0.3, -0.25) is 4.79 Å². The van der Waals surface area contributed by atoms with Crippen molar-refractivity contribution in [1.29, 1.82) is 0 Å². The first kappa shape index (κ1) is 24.1. The Hall–Kier alpha value is -3.13. The number of ether oxygens (including phenoxy) is 1. The zero-order valence-corrected chi connectivity index (χ0v) is 18.7. The van der Waals surface area contributed by atoms with E-state index in [0.29, 0.717) is 24.8 Å². The minimum atomic E-state index is -0.597. The summed E-state index contributed by atoms with van der Waals surface area (Å²) >= 11 is 1.60. The number of ketones is 1. The SMILES string of the molecule is CC(=O)O/N=C(\CCCCOC(=O)N(C)C)C(=O)c1ccc(Sc2ccccc2)cc1. The molecule has 0 saturated carbocycles. The number of hydrogen-bond acceptors (Lipinski definition) is 7. The Morgan fingerprint density at radius 1 is 0.935 bits per heavy atom. The Balaban J connectivity index is 1.97. The lowest BCUT2D eigenvalue weighted by Crippen LogP contribution is -2.23. The third kappa shape index (κ3) is 8.64. The highest BCUT2D eigenvalue weighted by atomic mass is 32.2. The first-order valence-electron chi connectivity index (χ1n) is 9.83. The third-order valence-corrected chi connectivity index (χ3v) is 5.06. The fourth-order valence-electron chi connectivity index (χ4n) is 2.47. The molecule has 0 bridgehead atoms. The number of oxime groups is 1. The summed E-state index contributed by atoms with van der Waals surface area (Å²) in [4.78, 5) is 43.6. The predicted octanol–water partition coefficient (Wildman–Crippen LogP) is 4.81. The summed E-state index contributed by atoms with van der Waals surface area (Å²) in [5.41, 5.74) is 0.611. The molecule has 164 valence electrons.